The van der Waals surface area contributed by atoms with Crippen LogP contribution in [0.25, 0.3) is 0 Å². The van der Waals surface area contributed by atoms with Crippen LogP contribution >= 0.6 is 0 Å². The highest BCUT2D eigenvalue weighted by Crippen LogP contribution is 2.43. The summed E-state index contributed by atoms with van der Waals surface area (Å²) >= 11 is 0. The topological polar surface area (TPSA) is 3.24 Å². The molecule has 0 spiro atoms. The molecule has 2 fully saturated rings. The van der Waals surface area contributed by atoms with E-state index in [9.17, 15) is 0 Å². The Morgan fingerprint density at radius 1 is 1.09 bits per heavy atom. The first-order valence-electron chi connectivity index (χ1n) is 4.80. The van der Waals surface area contributed by atoms with Gasteiger partial charge >= 0.3 is 0 Å². The van der Waals surface area contributed by atoms with E-state index < -0.39 is 0 Å². The summed E-state index contributed by atoms with van der Waals surface area (Å²) in [6.07, 6.45) is 5.73. The van der Waals surface area contributed by atoms with Gasteiger partial charge in [0.05, 0.1) is 0 Å². The van der Waals surface area contributed by atoms with E-state index in [-0.39, 0.29) is 0 Å². The smallest absolute Gasteiger partial charge is 0.0101 e. The molecule has 0 saturated carbocycles. The summed E-state index contributed by atoms with van der Waals surface area (Å²) in [4.78, 5) is 2.60. The molecule has 0 unspecified atom stereocenters. The largest absolute Gasteiger partial charge is 0.300 e. The van der Waals surface area contributed by atoms with Gasteiger partial charge < -0.3 is 4.90 Å². The lowest BCUT2D eigenvalue weighted by Gasteiger charge is -2.41. The standard InChI is InChI=1S/C10H19N/c1-10(2)6-8-4-5-9(7-10)11(8)3/h8-9H,4-7H2,1-3H3/t8-,9+. The maximum Gasteiger partial charge on any atom is 0.0101 e. The SMILES string of the molecule is CN1[C@@H]2CC[C@H]1CC(C)(C)C2. The number of nitrogens with zero attached hydrogens (tertiary/aromatic N) is 1. The van der Waals surface area contributed by atoms with Gasteiger partial charge in [-0.3, -0.25) is 0 Å². The van der Waals surface area contributed by atoms with Crippen molar-refractivity contribution in [2.75, 3.05) is 7.05 Å². The van der Waals surface area contributed by atoms with E-state index in [2.05, 4.69) is 25.8 Å². The lowest BCUT2D eigenvalue weighted by Crippen LogP contribution is -2.43. The van der Waals surface area contributed by atoms with E-state index in [0.717, 1.165) is 12.1 Å². The summed E-state index contributed by atoms with van der Waals surface area (Å²) in [5.41, 5.74) is 0.623. The average Bonchev–Trinajstić information content (AvgIpc) is 2.19. The highest BCUT2D eigenvalue weighted by molar-refractivity contribution is 4.96. The Hall–Kier alpha value is -0.0400. The number of hydrogen-bond donors (Lipinski definition) is 0. The van der Waals surface area contributed by atoms with Crippen LogP contribution in [-0.2, 0) is 0 Å². The normalized spacial score (nSPS) is 42.8. The van der Waals surface area contributed by atoms with Crippen LogP contribution in [0.3, 0.4) is 0 Å². The van der Waals surface area contributed by atoms with Crippen LogP contribution in [0.2, 0.25) is 0 Å². The third-order valence-electron chi connectivity index (χ3n) is 3.56. The Kier molecular flexibility index (Phi) is 1.54. The zero-order valence-corrected chi connectivity index (χ0v) is 7.93. The summed E-state index contributed by atoms with van der Waals surface area (Å²) in [5, 5.41) is 0. The molecule has 0 N–H and O–H groups in total. The number of fused-ring (bicyclic) bond motifs is 2. The fraction of sp³-hybridized carbons (Fsp3) is 1.00. The van der Waals surface area contributed by atoms with Crippen molar-refractivity contribution >= 4 is 0 Å². The maximum atomic E-state index is 2.60. The van der Waals surface area contributed by atoms with Crippen molar-refractivity contribution in [2.45, 2.75) is 51.6 Å². The molecule has 2 saturated heterocycles. The van der Waals surface area contributed by atoms with Crippen molar-refractivity contribution in [3.8, 4) is 0 Å². The van der Waals surface area contributed by atoms with E-state index in [1.807, 2.05) is 0 Å². The molecule has 0 aromatic rings. The number of piperidine rings is 1. The first-order valence-corrected chi connectivity index (χ1v) is 4.80. The van der Waals surface area contributed by atoms with E-state index >= 15 is 0 Å². The third-order valence-corrected chi connectivity index (χ3v) is 3.56. The van der Waals surface area contributed by atoms with Crippen LogP contribution in [0.5, 0.6) is 0 Å². The second-order valence-electron chi connectivity index (χ2n) is 5.12. The van der Waals surface area contributed by atoms with Gasteiger partial charge in [-0.25, -0.2) is 0 Å². The van der Waals surface area contributed by atoms with Gasteiger partial charge in [-0.1, -0.05) is 13.8 Å². The summed E-state index contributed by atoms with van der Waals surface area (Å²) in [6, 6.07) is 1.81. The lowest BCUT2D eigenvalue weighted by atomic mass is 9.79. The van der Waals surface area contributed by atoms with Crippen molar-refractivity contribution in [1.82, 2.24) is 4.90 Å². The number of rotatable bonds is 0. The Morgan fingerprint density at radius 2 is 1.55 bits per heavy atom. The van der Waals surface area contributed by atoms with E-state index in [1.165, 1.54) is 25.7 Å². The number of hydrogen-bond acceptors (Lipinski definition) is 1. The molecule has 2 aliphatic rings. The zero-order chi connectivity index (χ0) is 8.06. The van der Waals surface area contributed by atoms with Gasteiger partial charge in [-0.15, -0.1) is 0 Å². The van der Waals surface area contributed by atoms with Crippen molar-refractivity contribution < 1.29 is 0 Å². The van der Waals surface area contributed by atoms with Crippen LogP contribution in [-0.4, -0.2) is 24.0 Å². The zero-order valence-electron chi connectivity index (χ0n) is 7.93. The Labute approximate surface area is 69.8 Å². The minimum absolute atomic E-state index is 0.623. The van der Waals surface area contributed by atoms with E-state index in [0.29, 0.717) is 5.41 Å². The maximum absolute atomic E-state index is 2.60. The lowest BCUT2D eigenvalue weighted by molar-refractivity contribution is 0.0856. The molecule has 1 heteroatoms. The van der Waals surface area contributed by atoms with Crippen molar-refractivity contribution in [3.05, 3.63) is 0 Å². The molecule has 2 atom stereocenters. The molecule has 2 aliphatic heterocycles. The highest BCUT2D eigenvalue weighted by atomic mass is 15.2. The summed E-state index contributed by atoms with van der Waals surface area (Å²) in [6.45, 7) is 4.84. The van der Waals surface area contributed by atoms with Crippen molar-refractivity contribution in [1.29, 1.82) is 0 Å². The van der Waals surface area contributed by atoms with Crippen LogP contribution in [0.15, 0.2) is 0 Å². The summed E-state index contributed by atoms with van der Waals surface area (Å²) in [7, 11) is 2.30. The van der Waals surface area contributed by atoms with Crippen LogP contribution < -0.4 is 0 Å². The molecule has 2 rings (SSSR count). The molecule has 0 amide bonds. The first kappa shape index (κ1) is 7.60. The third kappa shape index (κ3) is 1.20. The highest BCUT2D eigenvalue weighted by Gasteiger charge is 2.41. The van der Waals surface area contributed by atoms with Gasteiger partial charge in [0.2, 0.25) is 0 Å². The molecule has 0 aromatic carbocycles. The fourth-order valence-electron chi connectivity index (χ4n) is 2.94. The second kappa shape index (κ2) is 2.22. The average molecular weight is 153 g/mol. The van der Waals surface area contributed by atoms with Crippen LogP contribution in [0.4, 0.5) is 0 Å². The molecular formula is C10H19N. The predicted octanol–water partition coefficient (Wildman–Crippen LogP) is 2.27. The Bertz CT molecular complexity index is 146. The van der Waals surface area contributed by atoms with Gasteiger partial charge in [-0.05, 0) is 38.1 Å². The molecule has 2 heterocycles. The molecule has 11 heavy (non-hydrogen) atoms. The Morgan fingerprint density at radius 3 is 2.00 bits per heavy atom. The van der Waals surface area contributed by atoms with Gasteiger partial charge in [0.1, 0.15) is 0 Å². The molecular weight excluding hydrogens is 134 g/mol. The van der Waals surface area contributed by atoms with Gasteiger partial charge in [0, 0.05) is 12.1 Å². The van der Waals surface area contributed by atoms with Gasteiger partial charge in [0.25, 0.3) is 0 Å². The molecule has 1 nitrogen and oxygen atoms in total. The molecule has 0 radical (unpaired) electrons. The predicted molar refractivity (Wildman–Crippen MR) is 47.6 cm³/mol. The minimum Gasteiger partial charge on any atom is -0.300 e. The second-order valence-corrected chi connectivity index (χ2v) is 5.12. The Balaban J connectivity index is 2.14. The summed E-state index contributed by atoms with van der Waals surface area (Å²) in [5.74, 6) is 0. The van der Waals surface area contributed by atoms with Gasteiger partial charge in [-0.2, -0.15) is 0 Å². The van der Waals surface area contributed by atoms with Gasteiger partial charge in [0.15, 0.2) is 0 Å². The van der Waals surface area contributed by atoms with Crippen molar-refractivity contribution in [3.63, 3.8) is 0 Å². The molecule has 0 aliphatic carbocycles. The quantitative estimate of drug-likeness (QED) is 0.516. The summed E-state index contributed by atoms with van der Waals surface area (Å²) < 4.78 is 0. The minimum atomic E-state index is 0.623. The fourth-order valence-corrected chi connectivity index (χ4v) is 2.94. The van der Waals surface area contributed by atoms with Crippen molar-refractivity contribution in [2.24, 2.45) is 5.41 Å². The van der Waals surface area contributed by atoms with Crippen LogP contribution in [0, 0.1) is 5.41 Å². The van der Waals surface area contributed by atoms with Crippen LogP contribution in [0.1, 0.15) is 39.5 Å². The molecule has 64 valence electrons. The molecule has 2 bridgehead atoms. The van der Waals surface area contributed by atoms with E-state index in [4.69, 9.17) is 0 Å². The monoisotopic (exact) mass is 153 g/mol. The van der Waals surface area contributed by atoms with E-state index in [1.54, 1.807) is 0 Å². The first-order chi connectivity index (χ1) is 5.08. The molecule has 0 aromatic heterocycles.